The van der Waals surface area contributed by atoms with E-state index in [0.29, 0.717) is 11.1 Å². The molecule has 0 spiro atoms. The Hall–Kier alpha value is -4.64. The lowest BCUT2D eigenvalue weighted by Crippen LogP contribution is -2.26. The van der Waals surface area contributed by atoms with Crippen molar-refractivity contribution >= 4 is 45.6 Å². The summed E-state index contributed by atoms with van der Waals surface area (Å²) < 4.78 is 8.99. The van der Waals surface area contributed by atoms with Crippen LogP contribution in [0.4, 0.5) is 0 Å². The number of benzene rings is 2. The Morgan fingerprint density at radius 1 is 0.676 bits per heavy atom. The second kappa shape index (κ2) is 14.0. The average Bonchev–Trinajstić information content (AvgIpc) is 3.53. The molecule has 0 aliphatic rings. The molecule has 2 aromatic heterocycles. The number of carbonyl (C=O) groups is 4. The van der Waals surface area contributed by atoms with Gasteiger partial charge < -0.3 is 35.6 Å². The van der Waals surface area contributed by atoms with E-state index in [1.165, 1.54) is 14.2 Å². The molecule has 0 aliphatic heterocycles. The molecule has 11 nitrogen and oxygen atoms in total. The normalized spacial score (nSPS) is 10.0. The Morgan fingerprint density at radius 3 is 1.43 bits per heavy atom. The van der Waals surface area contributed by atoms with Crippen LogP contribution in [0.25, 0.3) is 21.8 Å². The van der Waals surface area contributed by atoms with E-state index in [1.54, 1.807) is 12.4 Å². The van der Waals surface area contributed by atoms with Crippen molar-refractivity contribution in [2.45, 2.75) is 12.8 Å². The number of hydrogen-bond donors (Lipinski definition) is 4. The van der Waals surface area contributed by atoms with Crippen molar-refractivity contribution in [2.24, 2.45) is 0 Å². The molecule has 2 aromatic carbocycles. The first-order valence-corrected chi connectivity index (χ1v) is 11.3. The quantitative estimate of drug-likeness (QED) is 0.264. The third-order valence-corrected chi connectivity index (χ3v) is 5.35. The summed E-state index contributed by atoms with van der Waals surface area (Å²) in [6.45, 7) is 0.538. The number of carbonyl (C=O) groups excluding carboxylic acids is 4. The Labute approximate surface area is 212 Å². The lowest BCUT2D eigenvalue weighted by atomic mass is 10.1. The van der Waals surface area contributed by atoms with Crippen LogP contribution in [0.2, 0.25) is 0 Å². The first-order chi connectivity index (χ1) is 17.4. The number of esters is 2. The molecule has 0 bridgehead atoms. The first kappa shape index (κ1) is 28.6. The van der Waals surface area contributed by atoms with Gasteiger partial charge in [0.05, 0.1) is 38.2 Å². The van der Waals surface area contributed by atoms with E-state index in [0.717, 1.165) is 21.8 Å². The molecule has 0 fully saturated rings. The van der Waals surface area contributed by atoms with E-state index in [1.807, 2.05) is 48.5 Å². The van der Waals surface area contributed by atoms with Crippen LogP contribution in [0.3, 0.4) is 0 Å². The summed E-state index contributed by atoms with van der Waals surface area (Å²) in [5.41, 5.74) is 2.98. The highest BCUT2D eigenvalue weighted by atomic mass is 16.5. The average molecular weight is 511 g/mol. The van der Waals surface area contributed by atoms with Gasteiger partial charge in [0.15, 0.2) is 0 Å². The van der Waals surface area contributed by atoms with Crippen LogP contribution in [0, 0.1) is 0 Å². The zero-order chi connectivity index (χ0) is 25.9. The van der Waals surface area contributed by atoms with Gasteiger partial charge in [-0.3, -0.25) is 19.2 Å². The van der Waals surface area contributed by atoms with E-state index in [4.69, 9.17) is 0 Å². The third-order valence-electron chi connectivity index (χ3n) is 5.35. The van der Waals surface area contributed by atoms with Gasteiger partial charge in [-0.25, -0.2) is 0 Å². The molecule has 2 amide bonds. The Morgan fingerprint density at radius 2 is 1.05 bits per heavy atom. The maximum atomic E-state index is 11.9. The highest BCUT2D eigenvalue weighted by molar-refractivity contribution is 6.07. The second-order valence-electron chi connectivity index (χ2n) is 7.66. The highest BCUT2D eigenvalue weighted by Crippen LogP contribution is 2.18. The largest absolute Gasteiger partial charge is 0.469 e. The molecule has 0 aliphatic carbocycles. The molecule has 196 valence electrons. The van der Waals surface area contributed by atoms with Gasteiger partial charge in [-0.2, -0.15) is 0 Å². The molecule has 2 heterocycles. The minimum absolute atomic E-state index is 0. The number of rotatable bonds is 8. The molecule has 6 N–H and O–H groups in total. The maximum absolute atomic E-state index is 11.9. The summed E-state index contributed by atoms with van der Waals surface area (Å²) in [6.07, 6.45) is 3.67. The van der Waals surface area contributed by atoms with Crippen molar-refractivity contribution < 1.29 is 34.1 Å². The summed E-state index contributed by atoms with van der Waals surface area (Å²) in [6, 6.07) is 15.1. The first-order valence-electron chi connectivity index (χ1n) is 11.3. The molecule has 11 heteroatoms. The van der Waals surface area contributed by atoms with Gasteiger partial charge in [-0.05, 0) is 12.1 Å². The van der Waals surface area contributed by atoms with Crippen LogP contribution in [0.1, 0.15) is 33.6 Å². The minimum Gasteiger partial charge on any atom is -0.469 e. The van der Waals surface area contributed by atoms with E-state index in [-0.39, 0.29) is 55.2 Å². The molecule has 0 saturated heterocycles. The van der Waals surface area contributed by atoms with Crippen LogP contribution in [-0.2, 0) is 19.1 Å². The number of ether oxygens (including phenoxy) is 2. The highest BCUT2D eigenvalue weighted by Gasteiger charge is 2.12. The predicted molar refractivity (Wildman–Crippen MR) is 138 cm³/mol. The van der Waals surface area contributed by atoms with Crippen LogP contribution in [0.5, 0.6) is 0 Å². The van der Waals surface area contributed by atoms with Crippen molar-refractivity contribution in [3.8, 4) is 0 Å². The summed E-state index contributed by atoms with van der Waals surface area (Å²) >= 11 is 0. The van der Waals surface area contributed by atoms with Crippen molar-refractivity contribution in [3.63, 3.8) is 0 Å². The van der Waals surface area contributed by atoms with Crippen LogP contribution >= 0.6 is 0 Å². The molecular weight excluding hydrogens is 480 g/mol. The van der Waals surface area contributed by atoms with Crippen molar-refractivity contribution in [1.82, 2.24) is 20.6 Å². The van der Waals surface area contributed by atoms with E-state index < -0.39 is 0 Å². The fourth-order valence-electron chi connectivity index (χ4n) is 3.47. The topological polar surface area (TPSA) is 174 Å². The molecule has 0 unspecified atom stereocenters. The number of nitrogens with one attached hydrogen (secondary N) is 4. The number of H-pyrrole nitrogens is 2. The summed E-state index contributed by atoms with van der Waals surface area (Å²) in [5.74, 6) is -1.07. The van der Waals surface area contributed by atoms with Crippen LogP contribution in [-0.4, -0.2) is 66.5 Å². The maximum Gasteiger partial charge on any atom is 0.307 e. The van der Waals surface area contributed by atoms with Gasteiger partial charge in [0.25, 0.3) is 11.8 Å². The number of fused-ring (bicyclic) bond motifs is 2. The number of aromatic nitrogens is 2. The van der Waals surface area contributed by atoms with Crippen molar-refractivity contribution in [3.05, 3.63) is 72.1 Å². The zero-order valence-electron chi connectivity index (χ0n) is 20.6. The van der Waals surface area contributed by atoms with Crippen LogP contribution < -0.4 is 10.6 Å². The Balaban J connectivity index is 0.000000253. The molecule has 0 atom stereocenters. The van der Waals surface area contributed by atoms with Gasteiger partial charge in [-0.15, -0.1) is 0 Å². The van der Waals surface area contributed by atoms with Crippen LogP contribution in [0.15, 0.2) is 60.9 Å². The Kier molecular flexibility index (Phi) is 10.9. The summed E-state index contributed by atoms with van der Waals surface area (Å²) in [4.78, 5) is 51.7. The SMILES string of the molecule is COC(=O)CCNC(=O)c1c[nH]c2ccccc12.COC(=O)CCNC(=O)c1c[nH]c2ccccc12.O. The van der Waals surface area contributed by atoms with Crippen molar-refractivity contribution in [2.75, 3.05) is 27.3 Å². The predicted octanol–water partition coefficient (Wildman–Crippen LogP) is 2.10. The summed E-state index contributed by atoms with van der Waals surface area (Å²) in [5, 5.41) is 7.10. The number of aromatic amines is 2. The van der Waals surface area contributed by atoms with E-state index in [2.05, 4.69) is 30.1 Å². The standard InChI is InChI=1S/2C13H14N2O3.H2O/c2*1-18-12(16)6-7-14-13(17)10-8-15-11-5-3-2-4-9(10)11;/h2*2-5,8,15H,6-7H2,1H3,(H,14,17);1H2. The lowest BCUT2D eigenvalue weighted by molar-refractivity contribution is -0.141. The van der Waals surface area contributed by atoms with Gasteiger partial charge in [0.1, 0.15) is 0 Å². The van der Waals surface area contributed by atoms with Gasteiger partial charge in [0, 0.05) is 47.3 Å². The van der Waals surface area contributed by atoms with Gasteiger partial charge >= 0.3 is 11.9 Å². The van der Waals surface area contributed by atoms with E-state index in [9.17, 15) is 19.2 Å². The molecule has 4 rings (SSSR count). The fourth-order valence-corrected chi connectivity index (χ4v) is 3.47. The monoisotopic (exact) mass is 510 g/mol. The van der Waals surface area contributed by atoms with Gasteiger partial charge in [-0.1, -0.05) is 36.4 Å². The lowest BCUT2D eigenvalue weighted by Gasteiger charge is -2.03. The Bertz CT molecular complexity index is 1260. The smallest absolute Gasteiger partial charge is 0.307 e. The van der Waals surface area contributed by atoms with Gasteiger partial charge in [0.2, 0.25) is 0 Å². The molecule has 37 heavy (non-hydrogen) atoms. The number of para-hydroxylation sites is 2. The third kappa shape index (κ3) is 7.67. The number of amides is 2. The van der Waals surface area contributed by atoms with Crippen molar-refractivity contribution in [1.29, 1.82) is 0 Å². The molecule has 0 radical (unpaired) electrons. The molecule has 0 saturated carbocycles. The molecular formula is C26H30N4O7. The fraction of sp³-hybridized carbons (Fsp3) is 0.231. The second-order valence-corrected chi connectivity index (χ2v) is 7.66. The minimum atomic E-state index is -0.339. The zero-order valence-corrected chi connectivity index (χ0v) is 20.6. The summed E-state index contributed by atoms with van der Waals surface area (Å²) in [7, 11) is 2.65. The number of methoxy groups -OCH3 is 2. The van der Waals surface area contributed by atoms with E-state index >= 15 is 0 Å². The number of hydrogen-bond acceptors (Lipinski definition) is 6. The molecule has 4 aromatic rings.